The molecule has 0 aromatic carbocycles. The summed E-state index contributed by atoms with van der Waals surface area (Å²) in [7, 11) is 0. The van der Waals surface area contributed by atoms with E-state index in [-0.39, 0.29) is 35.9 Å². The first-order chi connectivity index (χ1) is 1.73. The van der Waals surface area contributed by atoms with Crippen LogP contribution in [0, 0.1) is 5.92 Å². The predicted octanol–water partition coefficient (Wildman–Crippen LogP) is 1.62. The molecule has 44 valence electrons. The van der Waals surface area contributed by atoms with E-state index in [0.29, 0.717) is 0 Å². The Morgan fingerprint density at radius 2 is 1.00 bits per heavy atom. The molecule has 0 radical (unpaired) electrons. The van der Waals surface area contributed by atoms with Crippen LogP contribution in [0.15, 0.2) is 0 Å². The molecule has 0 heterocycles. The topological polar surface area (TPSA) is 0 Å². The molecule has 0 amide bonds. The van der Waals surface area contributed by atoms with E-state index < -0.39 is 0 Å². The first-order valence-electron chi connectivity index (χ1n) is 1.50. The SMILES string of the molecule is C[C-](C)C.[Ag+].[S-2]. The zero-order valence-electron chi connectivity index (χ0n) is 4.21. The van der Waals surface area contributed by atoms with E-state index in [1.807, 2.05) is 0 Å². The van der Waals surface area contributed by atoms with Gasteiger partial charge in [-0.1, -0.05) is 0 Å². The Labute approximate surface area is 62.7 Å². The largest absolute Gasteiger partial charge is 2.00 e. The van der Waals surface area contributed by atoms with Crippen molar-refractivity contribution in [3.05, 3.63) is 5.92 Å². The third kappa shape index (κ3) is 71.6. The quantitative estimate of drug-likeness (QED) is 0.408. The Kier molecular flexibility index (Phi) is 24.7. The third-order valence-corrected chi connectivity index (χ3v) is 0. The maximum Gasteiger partial charge on any atom is 1.00 e. The predicted molar refractivity (Wildman–Crippen MR) is 27.6 cm³/mol. The first kappa shape index (κ1) is 15.7. The summed E-state index contributed by atoms with van der Waals surface area (Å²) in [4.78, 5) is 0. The summed E-state index contributed by atoms with van der Waals surface area (Å²) in [6.45, 7) is 6.25. The third-order valence-electron chi connectivity index (χ3n) is 0. The van der Waals surface area contributed by atoms with Crippen LogP contribution in [0.5, 0.6) is 0 Å². The zero-order valence-corrected chi connectivity index (χ0v) is 6.51. The van der Waals surface area contributed by atoms with Gasteiger partial charge in [-0.2, -0.15) is 20.8 Å². The van der Waals surface area contributed by atoms with Crippen LogP contribution in [0.1, 0.15) is 20.8 Å². The van der Waals surface area contributed by atoms with Crippen molar-refractivity contribution < 1.29 is 22.4 Å². The van der Waals surface area contributed by atoms with Gasteiger partial charge in [-0.05, 0) is 0 Å². The molecule has 0 unspecified atom stereocenters. The van der Waals surface area contributed by atoms with Crippen molar-refractivity contribution in [1.29, 1.82) is 0 Å². The number of hydrogen-bond acceptors (Lipinski definition) is 0. The minimum Gasteiger partial charge on any atom is -2.00 e. The van der Waals surface area contributed by atoms with Crippen LogP contribution in [-0.2, 0) is 35.9 Å². The fraction of sp³-hybridized carbons (Fsp3) is 0.750. The summed E-state index contributed by atoms with van der Waals surface area (Å²) in [6.07, 6.45) is 0. The van der Waals surface area contributed by atoms with Crippen molar-refractivity contribution in [1.82, 2.24) is 0 Å². The van der Waals surface area contributed by atoms with E-state index in [1.165, 1.54) is 5.92 Å². The molecule has 0 rings (SSSR count). The van der Waals surface area contributed by atoms with Crippen molar-refractivity contribution >= 4 is 13.5 Å². The summed E-state index contributed by atoms with van der Waals surface area (Å²) in [5, 5.41) is 0. The molecule has 2 heteroatoms. The van der Waals surface area contributed by atoms with E-state index in [9.17, 15) is 0 Å². The molecule has 0 spiro atoms. The summed E-state index contributed by atoms with van der Waals surface area (Å²) >= 11 is 0. The number of hydrogen-bond donors (Lipinski definition) is 0. The molecule has 0 fully saturated rings. The van der Waals surface area contributed by atoms with E-state index in [0.717, 1.165) is 0 Å². The fourth-order valence-electron chi connectivity index (χ4n) is 0. The molecule has 0 saturated carbocycles. The molecule has 0 atom stereocenters. The van der Waals surface area contributed by atoms with E-state index >= 15 is 0 Å². The Balaban J connectivity index is -0.0000000450. The molecule has 0 N–H and O–H groups in total. The average Bonchev–Trinajstić information content (AvgIpc) is 0.811. The van der Waals surface area contributed by atoms with Gasteiger partial charge in [0.2, 0.25) is 0 Å². The van der Waals surface area contributed by atoms with Gasteiger partial charge in [0.25, 0.3) is 0 Å². The van der Waals surface area contributed by atoms with Crippen LogP contribution in [0.2, 0.25) is 0 Å². The van der Waals surface area contributed by atoms with Crippen LogP contribution in [-0.4, -0.2) is 0 Å². The van der Waals surface area contributed by atoms with Gasteiger partial charge >= 0.3 is 22.4 Å². The van der Waals surface area contributed by atoms with E-state index in [1.54, 1.807) is 0 Å². The summed E-state index contributed by atoms with van der Waals surface area (Å²) in [6, 6.07) is 0. The van der Waals surface area contributed by atoms with E-state index in [4.69, 9.17) is 0 Å². The molecule has 0 nitrogen and oxygen atoms in total. The normalized spacial score (nSPS) is 6.00. The standard InChI is InChI=1S/C4H9.Ag.S/c1-4(2)3;;/h1-3H3;;/q-1;+1;-2. The van der Waals surface area contributed by atoms with Gasteiger partial charge in [0.1, 0.15) is 0 Å². The second kappa shape index (κ2) is 9.43. The molecule has 6 heavy (non-hydrogen) atoms. The maximum atomic E-state index is 2.08. The molecule has 0 aliphatic carbocycles. The molecular formula is C4H9AgS-2. The molecule has 0 aromatic rings. The monoisotopic (exact) mass is 196 g/mol. The minimum atomic E-state index is 0. The molecule has 0 bridgehead atoms. The molecule has 0 aliphatic rings. The van der Waals surface area contributed by atoms with Gasteiger partial charge in [0.15, 0.2) is 0 Å². The first-order valence-corrected chi connectivity index (χ1v) is 1.50. The van der Waals surface area contributed by atoms with Gasteiger partial charge in [-0.3, -0.25) is 0 Å². The van der Waals surface area contributed by atoms with Gasteiger partial charge in [-0.25, -0.2) is 0 Å². The van der Waals surface area contributed by atoms with Crippen LogP contribution in [0.3, 0.4) is 0 Å². The van der Waals surface area contributed by atoms with Crippen LogP contribution in [0.4, 0.5) is 0 Å². The van der Waals surface area contributed by atoms with Crippen LogP contribution < -0.4 is 0 Å². The second-order valence-electron chi connectivity index (χ2n) is 1.50. The van der Waals surface area contributed by atoms with Gasteiger partial charge < -0.3 is 19.4 Å². The van der Waals surface area contributed by atoms with Crippen molar-refractivity contribution in [2.45, 2.75) is 20.8 Å². The van der Waals surface area contributed by atoms with Gasteiger partial charge in [-0.15, -0.1) is 0 Å². The summed E-state index contributed by atoms with van der Waals surface area (Å²) in [5.41, 5.74) is 0. The fourth-order valence-corrected chi connectivity index (χ4v) is 0. The smallest absolute Gasteiger partial charge is 1.00 e. The summed E-state index contributed by atoms with van der Waals surface area (Å²) in [5.74, 6) is 1.42. The summed E-state index contributed by atoms with van der Waals surface area (Å²) < 4.78 is 0. The molecular weight excluding hydrogens is 188 g/mol. The van der Waals surface area contributed by atoms with Crippen molar-refractivity contribution in [2.75, 3.05) is 0 Å². The average molecular weight is 197 g/mol. The Morgan fingerprint density at radius 1 is 1.00 bits per heavy atom. The Bertz CT molecular complexity index is 12.3. The maximum absolute atomic E-state index is 2.08. The minimum absolute atomic E-state index is 0. The molecule has 0 aliphatic heterocycles. The number of rotatable bonds is 0. The van der Waals surface area contributed by atoms with Crippen molar-refractivity contribution in [3.8, 4) is 0 Å². The Morgan fingerprint density at radius 3 is 1.00 bits per heavy atom. The molecule has 0 saturated heterocycles. The van der Waals surface area contributed by atoms with E-state index in [2.05, 4.69) is 20.8 Å². The Hall–Kier alpha value is 1.09. The van der Waals surface area contributed by atoms with Crippen LogP contribution >= 0.6 is 0 Å². The van der Waals surface area contributed by atoms with Crippen LogP contribution in [0.25, 0.3) is 0 Å². The van der Waals surface area contributed by atoms with Gasteiger partial charge in [0.05, 0.1) is 0 Å². The molecule has 0 aromatic heterocycles. The zero-order chi connectivity index (χ0) is 3.58. The van der Waals surface area contributed by atoms with Gasteiger partial charge in [0, 0.05) is 0 Å². The van der Waals surface area contributed by atoms with Crippen molar-refractivity contribution in [2.24, 2.45) is 0 Å². The van der Waals surface area contributed by atoms with Crippen molar-refractivity contribution in [3.63, 3.8) is 0 Å². The second-order valence-corrected chi connectivity index (χ2v) is 1.50.